The van der Waals surface area contributed by atoms with E-state index >= 15 is 0 Å². The number of carbonyl (C=O) groups excluding carboxylic acids is 1. The van der Waals surface area contributed by atoms with Gasteiger partial charge in [-0.2, -0.15) is 9.78 Å². The monoisotopic (exact) mass is 346 g/mol. The second kappa shape index (κ2) is 6.86. The van der Waals surface area contributed by atoms with E-state index in [1.54, 1.807) is 7.05 Å². The summed E-state index contributed by atoms with van der Waals surface area (Å²) in [6.07, 6.45) is 2.42. The molecular formula is C17H24N5OS+. The van der Waals surface area contributed by atoms with Crippen molar-refractivity contribution < 1.29 is 9.69 Å². The van der Waals surface area contributed by atoms with Gasteiger partial charge in [-0.25, -0.2) is 0 Å². The smallest absolute Gasteiger partial charge is 0.251 e. The Hall–Kier alpha value is -1.99. The predicted molar refractivity (Wildman–Crippen MR) is 94.5 cm³/mol. The third-order valence-corrected chi connectivity index (χ3v) is 4.73. The van der Waals surface area contributed by atoms with E-state index in [0.29, 0.717) is 11.6 Å². The Labute approximate surface area is 147 Å². The number of nitrogens with zero attached hydrogens (tertiary/aromatic N) is 3. The number of aromatic nitrogens is 3. The highest BCUT2D eigenvalue weighted by molar-refractivity contribution is 7.71. The van der Waals surface area contributed by atoms with Crippen LogP contribution in [0.2, 0.25) is 0 Å². The summed E-state index contributed by atoms with van der Waals surface area (Å²) in [6, 6.07) is 8.28. The number of hydrogen-bond donors (Lipinski definition) is 2. The van der Waals surface area contributed by atoms with E-state index in [-0.39, 0.29) is 5.91 Å². The van der Waals surface area contributed by atoms with Crippen molar-refractivity contribution in [2.75, 3.05) is 14.1 Å². The Kier molecular flexibility index (Phi) is 4.82. The molecule has 128 valence electrons. The van der Waals surface area contributed by atoms with Crippen LogP contribution in [-0.4, -0.2) is 34.4 Å². The van der Waals surface area contributed by atoms with Crippen LogP contribution >= 0.6 is 12.2 Å². The number of aryl methyl sites for hydroxylation is 1. The van der Waals surface area contributed by atoms with Crippen LogP contribution in [0.15, 0.2) is 24.3 Å². The molecule has 0 radical (unpaired) electrons. The normalized spacial score (nSPS) is 15.3. The van der Waals surface area contributed by atoms with Gasteiger partial charge in [0.1, 0.15) is 12.4 Å². The molecule has 1 fully saturated rings. The topological polar surface area (TPSA) is 56.3 Å². The van der Waals surface area contributed by atoms with Gasteiger partial charge < -0.3 is 14.8 Å². The maximum atomic E-state index is 11.6. The summed E-state index contributed by atoms with van der Waals surface area (Å²) in [6.45, 7) is 3.61. The fraction of sp³-hybridized carbons (Fsp3) is 0.471. The summed E-state index contributed by atoms with van der Waals surface area (Å²) in [5, 5.41) is 7.24. The quantitative estimate of drug-likeness (QED) is 0.770. The van der Waals surface area contributed by atoms with Gasteiger partial charge in [0.2, 0.25) is 4.77 Å². The standard InChI is InChI=1S/C17H23N5OS/c1-12-19-21(17(24)22(12)15-8-9-15)11-20(3)10-13-4-6-14(7-5-13)16(23)18-2/h4-7,15H,8-11H2,1-3H3,(H,18,23)/p+1. The van der Waals surface area contributed by atoms with Gasteiger partial charge in [0.25, 0.3) is 5.91 Å². The summed E-state index contributed by atoms with van der Waals surface area (Å²) in [5.74, 6) is 0.944. The molecule has 1 atom stereocenters. The minimum atomic E-state index is -0.0605. The van der Waals surface area contributed by atoms with Crippen molar-refractivity contribution in [3.8, 4) is 0 Å². The number of nitrogens with one attached hydrogen (secondary N) is 2. The molecule has 1 amide bonds. The van der Waals surface area contributed by atoms with Gasteiger partial charge in [-0.15, -0.1) is 0 Å². The fourth-order valence-electron chi connectivity index (χ4n) is 2.96. The molecule has 24 heavy (non-hydrogen) atoms. The minimum Gasteiger partial charge on any atom is -0.355 e. The Balaban J connectivity index is 1.65. The van der Waals surface area contributed by atoms with E-state index in [0.717, 1.165) is 23.8 Å². The molecule has 1 aliphatic carbocycles. The van der Waals surface area contributed by atoms with Crippen molar-refractivity contribution in [1.82, 2.24) is 19.7 Å². The Morgan fingerprint density at radius 1 is 1.38 bits per heavy atom. The van der Waals surface area contributed by atoms with Crippen LogP contribution in [0.3, 0.4) is 0 Å². The Morgan fingerprint density at radius 2 is 2.04 bits per heavy atom. The molecule has 1 aliphatic rings. The number of carbonyl (C=O) groups is 1. The van der Waals surface area contributed by atoms with Gasteiger partial charge in [-0.05, 0) is 44.1 Å². The molecule has 0 saturated heterocycles. The molecule has 1 aromatic carbocycles. The lowest BCUT2D eigenvalue weighted by atomic mass is 10.1. The number of quaternary nitrogens is 1. The molecule has 0 aliphatic heterocycles. The van der Waals surface area contributed by atoms with Crippen molar-refractivity contribution in [3.63, 3.8) is 0 Å². The SMILES string of the molecule is CNC(=O)c1ccc(C[NH+](C)Cn2nc(C)n(C3CC3)c2=S)cc1. The van der Waals surface area contributed by atoms with Gasteiger partial charge in [0.15, 0.2) is 6.67 Å². The molecule has 0 spiro atoms. The average Bonchev–Trinajstić information content (AvgIpc) is 3.35. The van der Waals surface area contributed by atoms with Gasteiger partial charge in [0.05, 0.1) is 7.05 Å². The molecular weight excluding hydrogens is 322 g/mol. The average molecular weight is 346 g/mol. The zero-order valence-electron chi connectivity index (χ0n) is 14.4. The van der Waals surface area contributed by atoms with Crippen molar-refractivity contribution in [1.29, 1.82) is 0 Å². The third-order valence-electron chi connectivity index (χ3n) is 4.32. The van der Waals surface area contributed by atoms with Crippen LogP contribution < -0.4 is 10.2 Å². The number of amides is 1. The molecule has 1 saturated carbocycles. The molecule has 2 aromatic rings. The minimum absolute atomic E-state index is 0.0605. The summed E-state index contributed by atoms with van der Waals surface area (Å²) in [5.41, 5.74) is 1.87. The summed E-state index contributed by atoms with van der Waals surface area (Å²) < 4.78 is 4.93. The second-order valence-corrected chi connectivity index (χ2v) is 6.86. The Bertz CT molecular complexity index is 788. The second-order valence-electron chi connectivity index (χ2n) is 6.50. The number of rotatable bonds is 6. The summed E-state index contributed by atoms with van der Waals surface area (Å²) >= 11 is 5.58. The van der Waals surface area contributed by atoms with E-state index in [9.17, 15) is 4.79 Å². The van der Waals surface area contributed by atoms with E-state index in [1.165, 1.54) is 23.3 Å². The van der Waals surface area contributed by atoms with Crippen molar-refractivity contribution in [3.05, 3.63) is 46.0 Å². The van der Waals surface area contributed by atoms with E-state index in [2.05, 4.69) is 22.0 Å². The highest BCUT2D eigenvalue weighted by atomic mass is 32.1. The first-order valence-corrected chi connectivity index (χ1v) is 8.68. The first-order chi connectivity index (χ1) is 11.5. The molecule has 1 aromatic heterocycles. The third kappa shape index (κ3) is 3.57. The predicted octanol–water partition coefficient (Wildman–Crippen LogP) is 1.09. The van der Waals surface area contributed by atoms with Crippen molar-refractivity contribution in [2.24, 2.45) is 0 Å². The van der Waals surface area contributed by atoms with Gasteiger partial charge in [-0.1, -0.05) is 12.1 Å². The first-order valence-electron chi connectivity index (χ1n) is 8.28. The van der Waals surface area contributed by atoms with Crippen LogP contribution in [0.25, 0.3) is 0 Å². The van der Waals surface area contributed by atoms with Crippen molar-refractivity contribution in [2.45, 2.75) is 39.0 Å². The first kappa shape index (κ1) is 16.9. The van der Waals surface area contributed by atoms with Gasteiger partial charge in [-0.3, -0.25) is 4.79 Å². The molecule has 1 heterocycles. The molecule has 3 rings (SSSR count). The molecule has 7 heteroatoms. The van der Waals surface area contributed by atoms with E-state index in [1.807, 2.05) is 35.9 Å². The largest absolute Gasteiger partial charge is 0.355 e. The fourth-order valence-corrected chi connectivity index (χ4v) is 3.35. The summed E-state index contributed by atoms with van der Waals surface area (Å²) in [7, 11) is 3.76. The van der Waals surface area contributed by atoms with Gasteiger partial charge >= 0.3 is 0 Å². The number of benzene rings is 1. The van der Waals surface area contributed by atoms with Crippen LogP contribution in [-0.2, 0) is 13.2 Å². The lowest BCUT2D eigenvalue weighted by Crippen LogP contribution is -3.07. The lowest BCUT2D eigenvalue weighted by molar-refractivity contribution is -0.917. The lowest BCUT2D eigenvalue weighted by Gasteiger charge is -2.14. The van der Waals surface area contributed by atoms with Crippen LogP contribution in [0.1, 0.15) is 40.6 Å². The Morgan fingerprint density at radius 3 is 2.62 bits per heavy atom. The van der Waals surface area contributed by atoms with Crippen molar-refractivity contribution >= 4 is 18.1 Å². The zero-order valence-corrected chi connectivity index (χ0v) is 15.2. The maximum Gasteiger partial charge on any atom is 0.251 e. The van der Waals surface area contributed by atoms with Gasteiger partial charge in [0, 0.05) is 24.2 Å². The van der Waals surface area contributed by atoms with Crippen LogP contribution in [0.4, 0.5) is 0 Å². The summed E-state index contributed by atoms with van der Waals surface area (Å²) in [4.78, 5) is 12.9. The highest BCUT2D eigenvalue weighted by Crippen LogP contribution is 2.35. The van der Waals surface area contributed by atoms with E-state index < -0.39 is 0 Å². The molecule has 1 unspecified atom stereocenters. The highest BCUT2D eigenvalue weighted by Gasteiger charge is 2.27. The maximum absolute atomic E-state index is 11.6. The molecule has 6 nitrogen and oxygen atoms in total. The van der Waals surface area contributed by atoms with Crippen LogP contribution in [0, 0.1) is 11.7 Å². The molecule has 0 bridgehead atoms. The van der Waals surface area contributed by atoms with Crippen LogP contribution in [0.5, 0.6) is 0 Å². The molecule has 2 N–H and O–H groups in total. The van der Waals surface area contributed by atoms with E-state index in [4.69, 9.17) is 12.2 Å². The number of hydrogen-bond acceptors (Lipinski definition) is 3. The zero-order chi connectivity index (χ0) is 17.3.